The molecule has 2 bridgehead atoms. The van der Waals surface area contributed by atoms with Crippen LogP contribution in [0.2, 0.25) is 0 Å². The van der Waals surface area contributed by atoms with Crippen LogP contribution >= 0.6 is 0 Å². The second-order valence-electron chi connectivity index (χ2n) is 6.83. The monoisotopic (exact) mass is 270 g/mol. The molecule has 0 aromatic heterocycles. The first kappa shape index (κ1) is 13.1. The van der Waals surface area contributed by atoms with E-state index in [1.165, 1.54) is 38.5 Å². The quantitative estimate of drug-likeness (QED) is 0.855. The average Bonchev–Trinajstić information content (AvgIpc) is 2.62. The van der Waals surface area contributed by atoms with Crippen LogP contribution in [0.15, 0.2) is 0 Å². The molecule has 3 rings (SSSR count). The summed E-state index contributed by atoms with van der Waals surface area (Å²) in [5.41, 5.74) is -0.475. The standard InChI is InChI=1S/C15H26O2S/c16-15(9-8-12-4-2-1-3-5-12)10-13-6-7-14(11-15)18(13)17/h12-14,16H,1-11H2. The minimum absolute atomic E-state index is 0.306. The van der Waals surface area contributed by atoms with Crippen molar-refractivity contribution in [3.8, 4) is 0 Å². The number of rotatable bonds is 3. The Bertz CT molecular complexity index is 306. The molecule has 0 radical (unpaired) electrons. The Kier molecular flexibility index (Phi) is 3.82. The summed E-state index contributed by atoms with van der Waals surface area (Å²) in [4.78, 5) is 0. The Balaban J connectivity index is 1.54. The first-order chi connectivity index (χ1) is 8.66. The Morgan fingerprint density at radius 1 is 1.00 bits per heavy atom. The van der Waals surface area contributed by atoms with Crippen molar-refractivity contribution in [2.75, 3.05) is 0 Å². The van der Waals surface area contributed by atoms with Crippen LogP contribution in [0.1, 0.15) is 70.6 Å². The Labute approximate surface area is 113 Å². The van der Waals surface area contributed by atoms with Gasteiger partial charge in [0.15, 0.2) is 0 Å². The molecule has 2 atom stereocenters. The van der Waals surface area contributed by atoms with Crippen molar-refractivity contribution in [2.45, 2.75) is 86.7 Å². The number of hydrogen-bond donors (Lipinski definition) is 1. The van der Waals surface area contributed by atoms with Crippen LogP contribution in [0.5, 0.6) is 0 Å². The molecule has 2 nitrogen and oxygen atoms in total. The van der Waals surface area contributed by atoms with Crippen molar-refractivity contribution in [2.24, 2.45) is 5.92 Å². The lowest BCUT2D eigenvalue weighted by atomic mass is 9.80. The van der Waals surface area contributed by atoms with Gasteiger partial charge in [-0.15, -0.1) is 0 Å². The van der Waals surface area contributed by atoms with Crippen LogP contribution in [0.4, 0.5) is 0 Å². The highest BCUT2D eigenvalue weighted by Gasteiger charge is 2.47. The summed E-state index contributed by atoms with van der Waals surface area (Å²) < 4.78 is 12.0. The van der Waals surface area contributed by atoms with Gasteiger partial charge in [-0.3, -0.25) is 4.21 Å². The Hall–Kier alpha value is 0.110. The van der Waals surface area contributed by atoms with Crippen molar-refractivity contribution in [3.05, 3.63) is 0 Å². The van der Waals surface area contributed by atoms with Gasteiger partial charge in [-0.05, 0) is 44.4 Å². The molecular weight excluding hydrogens is 244 g/mol. The predicted octanol–water partition coefficient (Wildman–Crippen LogP) is 3.15. The van der Waals surface area contributed by atoms with Gasteiger partial charge in [0, 0.05) is 21.3 Å². The lowest BCUT2D eigenvalue weighted by Gasteiger charge is -2.37. The van der Waals surface area contributed by atoms with Gasteiger partial charge in [-0.2, -0.15) is 0 Å². The van der Waals surface area contributed by atoms with Crippen LogP contribution in [0.25, 0.3) is 0 Å². The molecule has 1 N–H and O–H groups in total. The first-order valence-electron chi connectivity index (χ1n) is 7.78. The van der Waals surface area contributed by atoms with Crippen molar-refractivity contribution in [1.82, 2.24) is 0 Å². The van der Waals surface area contributed by atoms with E-state index in [1.54, 1.807) is 0 Å². The van der Waals surface area contributed by atoms with Gasteiger partial charge < -0.3 is 5.11 Å². The van der Waals surface area contributed by atoms with Gasteiger partial charge in [0.05, 0.1) is 5.60 Å². The fourth-order valence-corrected chi connectivity index (χ4v) is 6.56. The molecule has 2 heterocycles. The maximum atomic E-state index is 12.0. The normalized spacial score (nSPS) is 45.3. The molecule has 3 fully saturated rings. The van der Waals surface area contributed by atoms with E-state index in [4.69, 9.17) is 0 Å². The minimum Gasteiger partial charge on any atom is -0.390 e. The third-order valence-corrected chi connectivity index (χ3v) is 7.54. The SMILES string of the molecule is O=S1C2CCC1CC(O)(CCC1CCCCC1)C2. The molecule has 0 aromatic rings. The second-order valence-corrected chi connectivity index (χ2v) is 8.82. The summed E-state index contributed by atoms with van der Waals surface area (Å²) in [5.74, 6) is 0.854. The highest BCUT2D eigenvalue weighted by Crippen LogP contribution is 2.43. The van der Waals surface area contributed by atoms with Crippen molar-refractivity contribution in [1.29, 1.82) is 0 Å². The summed E-state index contributed by atoms with van der Waals surface area (Å²) in [5, 5.41) is 11.4. The number of aliphatic hydroxyl groups is 1. The van der Waals surface area contributed by atoms with Crippen molar-refractivity contribution < 1.29 is 9.32 Å². The van der Waals surface area contributed by atoms with E-state index >= 15 is 0 Å². The molecule has 104 valence electrons. The minimum atomic E-state index is -0.633. The van der Waals surface area contributed by atoms with E-state index in [0.717, 1.165) is 38.0 Å². The Morgan fingerprint density at radius 3 is 2.22 bits per heavy atom. The molecule has 3 aliphatic rings. The summed E-state index contributed by atoms with van der Waals surface area (Å²) >= 11 is 0. The Morgan fingerprint density at radius 2 is 1.61 bits per heavy atom. The van der Waals surface area contributed by atoms with Gasteiger partial charge >= 0.3 is 0 Å². The predicted molar refractivity (Wildman–Crippen MR) is 74.9 cm³/mol. The molecule has 0 spiro atoms. The number of hydrogen-bond acceptors (Lipinski definition) is 2. The third-order valence-electron chi connectivity index (χ3n) is 5.43. The zero-order valence-electron chi connectivity index (χ0n) is 11.3. The molecule has 0 amide bonds. The lowest BCUT2D eigenvalue weighted by Crippen LogP contribution is -2.42. The lowest BCUT2D eigenvalue weighted by molar-refractivity contribution is 0.00711. The van der Waals surface area contributed by atoms with Gasteiger partial charge in [-0.25, -0.2) is 0 Å². The molecule has 18 heavy (non-hydrogen) atoms. The smallest absolute Gasteiger partial charge is 0.0670 e. The second kappa shape index (κ2) is 5.24. The van der Waals surface area contributed by atoms with Gasteiger partial charge in [0.1, 0.15) is 0 Å². The maximum Gasteiger partial charge on any atom is 0.0670 e. The molecule has 1 saturated carbocycles. The fraction of sp³-hybridized carbons (Fsp3) is 1.00. The van der Waals surface area contributed by atoms with E-state index in [9.17, 15) is 9.32 Å². The summed E-state index contributed by atoms with van der Waals surface area (Å²) in [6.07, 6.45) is 12.9. The molecular formula is C15H26O2S. The van der Waals surface area contributed by atoms with Crippen LogP contribution < -0.4 is 0 Å². The van der Waals surface area contributed by atoms with Crippen LogP contribution in [-0.4, -0.2) is 25.4 Å². The van der Waals surface area contributed by atoms with Crippen molar-refractivity contribution in [3.63, 3.8) is 0 Å². The average molecular weight is 270 g/mol. The largest absolute Gasteiger partial charge is 0.390 e. The first-order valence-corrected chi connectivity index (χ1v) is 9.06. The van der Waals surface area contributed by atoms with Gasteiger partial charge in [0.25, 0.3) is 0 Å². The molecule has 3 heteroatoms. The zero-order chi connectivity index (χ0) is 12.6. The maximum absolute atomic E-state index is 12.0. The van der Waals surface area contributed by atoms with E-state index < -0.39 is 16.4 Å². The van der Waals surface area contributed by atoms with Crippen molar-refractivity contribution >= 4 is 10.8 Å². The third kappa shape index (κ3) is 2.67. The highest BCUT2D eigenvalue weighted by atomic mass is 32.2. The van der Waals surface area contributed by atoms with Crippen LogP contribution in [0.3, 0.4) is 0 Å². The van der Waals surface area contributed by atoms with E-state index in [2.05, 4.69) is 0 Å². The van der Waals surface area contributed by atoms with E-state index in [1.807, 2.05) is 0 Å². The molecule has 0 aromatic carbocycles. The zero-order valence-corrected chi connectivity index (χ0v) is 12.1. The van der Waals surface area contributed by atoms with E-state index in [-0.39, 0.29) is 0 Å². The van der Waals surface area contributed by atoms with Crippen LogP contribution in [-0.2, 0) is 10.8 Å². The summed E-state index contributed by atoms with van der Waals surface area (Å²) in [6, 6.07) is 0. The molecule has 2 unspecified atom stereocenters. The molecule has 2 aliphatic heterocycles. The fourth-order valence-electron chi connectivity index (χ4n) is 4.33. The topological polar surface area (TPSA) is 37.3 Å². The summed E-state index contributed by atoms with van der Waals surface area (Å²) in [7, 11) is -0.633. The van der Waals surface area contributed by atoms with Crippen LogP contribution in [0, 0.1) is 5.92 Å². The van der Waals surface area contributed by atoms with E-state index in [0.29, 0.717) is 10.5 Å². The highest BCUT2D eigenvalue weighted by molar-refractivity contribution is 7.86. The molecule has 1 aliphatic carbocycles. The van der Waals surface area contributed by atoms with Gasteiger partial charge in [-0.1, -0.05) is 32.1 Å². The molecule has 2 saturated heterocycles. The summed E-state index contributed by atoms with van der Waals surface area (Å²) in [6.45, 7) is 0. The number of fused-ring (bicyclic) bond motifs is 2. The van der Waals surface area contributed by atoms with Gasteiger partial charge in [0.2, 0.25) is 0 Å².